The van der Waals surface area contributed by atoms with E-state index in [2.05, 4.69) is 10.4 Å². The van der Waals surface area contributed by atoms with Gasteiger partial charge in [-0.05, 0) is 45.4 Å². The van der Waals surface area contributed by atoms with Crippen molar-refractivity contribution in [2.45, 2.75) is 39.2 Å². The van der Waals surface area contributed by atoms with E-state index < -0.39 is 11.5 Å². The Morgan fingerprint density at radius 2 is 1.96 bits per heavy atom. The van der Waals surface area contributed by atoms with Crippen molar-refractivity contribution < 1.29 is 14.7 Å². The fraction of sp³-hybridized carbons (Fsp3) is 0.316. The van der Waals surface area contributed by atoms with Crippen LogP contribution in [0.4, 0.5) is 0 Å². The summed E-state index contributed by atoms with van der Waals surface area (Å²) in [6.07, 6.45) is 0.386. The zero-order valence-electron chi connectivity index (χ0n) is 14.9. The number of amides is 1. The van der Waals surface area contributed by atoms with Crippen LogP contribution >= 0.6 is 11.3 Å². The molecule has 2 heterocycles. The predicted octanol–water partition coefficient (Wildman–Crippen LogP) is 3.77. The Morgan fingerprint density at radius 1 is 1.27 bits per heavy atom. The number of carboxylic acids is 1. The number of carboxylic acid groups (broad SMARTS) is 1. The molecule has 26 heavy (non-hydrogen) atoms. The zero-order valence-corrected chi connectivity index (χ0v) is 15.8. The summed E-state index contributed by atoms with van der Waals surface area (Å²) in [5, 5.41) is 17.3. The maximum absolute atomic E-state index is 12.7. The summed E-state index contributed by atoms with van der Waals surface area (Å²) in [4.78, 5) is 24.9. The van der Waals surface area contributed by atoms with Gasteiger partial charge in [0.15, 0.2) is 0 Å². The lowest BCUT2D eigenvalue weighted by atomic mass is 9.98. The molecule has 1 aromatic carbocycles. The van der Waals surface area contributed by atoms with Gasteiger partial charge in [0.1, 0.15) is 4.83 Å². The van der Waals surface area contributed by atoms with Crippen molar-refractivity contribution in [3.63, 3.8) is 0 Å². The molecule has 0 aliphatic rings. The second kappa shape index (κ2) is 6.92. The van der Waals surface area contributed by atoms with Crippen molar-refractivity contribution in [2.24, 2.45) is 0 Å². The summed E-state index contributed by atoms with van der Waals surface area (Å²) < 4.78 is 1.85. The van der Waals surface area contributed by atoms with E-state index in [0.717, 1.165) is 21.6 Å². The highest BCUT2D eigenvalue weighted by Gasteiger charge is 2.24. The van der Waals surface area contributed by atoms with Crippen molar-refractivity contribution in [3.8, 4) is 5.69 Å². The molecule has 0 saturated heterocycles. The first kappa shape index (κ1) is 18.1. The predicted molar refractivity (Wildman–Crippen MR) is 102 cm³/mol. The van der Waals surface area contributed by atoms with E-state index in [1.165, 1.54) is 11.3 Å². The number of fused-ring (bicyclic) bond motifs is 1. The smallest absolute Gasteiger partial charge is 0.303 e. The maximum atomic E-state index is 12.7. The van der Waals surface area contributed by atoms with Crippen LogP contribution in [0.2, 0.25) is 0 Å². The number of aromatic nitrogens is 2. The van der Waals surface area contributed by atoms with Crippen LogP contribution in [0.3, 0.4) is 0 Å². The van der Waals surface area contributed by atoms with E-state index in [9.17, 15) is 9.59 Å². The summed E-state index contributed by atoms with van der Waals surface area (Å²) in [5.41, 5.74) is 1.22. The number of nitrogens with zero attached hydrogens (tertiary/aromatic N) is 2. The van der Waals surface area contributed by atoms with Gasteiger partial charge in [-0.1, -0.05) is 18.2 Å². The molecular formula is C19H21N3O3S. The number of thiophene rings is 1. The Bertz CT molecular complexity index is 957. The fourth-order valence-corrected chi connectivity index (χ4v) is 3.83. The number of carbonyl (C=O) groups is 2. The van der Waals surface area contributed by atoms with Crippen molar-refractivity contribution in [3.05, 3.63) is 47.0 Å². The first-order valence-electron chi connectivity index (χ1n) is 8.36. The summed E-state index contributed by atoms with van der Waals surface area (Å²) in [6.45, 7) is 5.59. The van der Waals surface area contributed by atoms with E-state index in [-0.39, 0.29) is 12.3 Å². The standard InChI is InChI=1S/C19H21N3O3S/c1-12-14-11-15(17(25)20-19(2,3)10-9-16(23)24)26-18(14)22(21-12)13-7-5-4-6-8-13/h4-8,11H,9-10H2,1-3H3,(H,20,25)(H,23,24). The van der Waals surface area contributed by atoms with Gasteiger partial charge < -0.3 is 10.4 Å². The molecule has 136 valence electrons. The van der Waals surface area contributed by atoms with E-state index in [1.807, 2.05) is 61.9 Å². The third-order valence-corrected chi connectivity index (χ3v) is 5.29. The highest BCUT2D eigenvalue weighted by molar-refractivity contribution is 7.20. The van der Waals surface area contributed by atoms with E-state index in [0.29, 0.717) is 11.3 Å². The number of hydrogen-bond donors (Lipinski definition) is 2. The van der Waals surface area contributed by atoms with Crippen molar-refractivity contribution >= 4 is 33.4 Å². The molecule has 6 nitrogen and oxygen atoms in total. The molecule has 2 N–H and O–H groups in total. The Kier molecular flexibility index (Phi) is 4.82. The lowest BCUT2D eigenvalue weighted by Crippen LogP contribution is -2.43. The second-order valence-electron chi connectivity index (χ2n) is 6.89. The third-order valence-electron chi connectivity index (χ3n) is 4.18. The van der Waals surface area contributed by atoms with E-state index >= 15 is 0 Å². The number of rotatable bonds is 6. The lowest BCUT2D eigenvalue weighted by Gasteiger charge is -2.25. The number of benzene rings is 1. The Morgan fingerprint density at radius 3 is 2.62 bits per heavy atom. The van der Waals surface area contributed by atoms with Gasteiger partial charge in [-0.25, -0.2) is 4.68 Å². The Hall–Kier alpha value is -2.67. The molecule has 1 amide bonds. The molecule has 2 aromatic heterocycles. The molecular weight excluding hydrogens is 350 g/mol. The molecule has 0 unspecified atom stereocenters. The summed E-state index contributed by atoms with van der Waals surface area (Å²) >= 11 is 1.38. The molecule has 0 bridgehead atoms. The van der Waals surface area contributed by atoms with Gasteiger partial charge in [0.2, 0.25) is 0 Å². The second-order valence-corrected chi connectivity index (χ2v) is 7.92. The number of aryl methyl sites for hydroxylation is 1. The van der Waals surface area contributed by atoms with Gasteiger partial charge in [0, 0.05) is 17.3 Å². The van der Waals surface area contributed by atoms with Crippen LogP contribution in [0.15, 0.2) is 36.4 Å². The van der Waals surface area contributed by atoms with Crippen molar-refractivity contribution in [2.75, 3.05) is 0 Å². The molecule has 3 aromatic rings. The number of hydrogen-bond acceptors (Lipinski definition) is 4. The molecule has 0 fully saturated rings. The van der Waals surface area contributed by atoms with E-state index in [1.54, 1.807) is 0 Å². The largest absolute Gasteiger partial charge is 0.481 e. The van der Waals surface area contributed by atoms with E-state index in [4.69, 9.17) is 5.11 Å². The monoisotopic (exact) mass is 371 g/mol. The van der Waals surface area contributed by atoms with Crippen molar-refractivity contribution in [1.82, 2.24) is 15.1 Å². The van der Waals surface area contributed by atoms with Crippen LogP contribution in [0.25, 0.3) is 15.9 Å². The summed E-state index contributed by atoms with van der Waals surface area (Å²) in [6, 6.07) is 11.6. The SMILES string of the molecule is Cc1nn(-c2ccccc2)c2sc(C(=O)NC(C)(C)CCC(=O)O)cc12. The molecule has 0 aliphatic carbocycles. The van der Waals surface area contributed by atoms with Crippen LogP contribution in [-0.4, -0.2) is 32.3 Å². The maximum Gasteiger partial charge on any atom is 0.303 e. The molecule has 3 rings (SSSR count). The summed E-state index contributed by atoms with van der Waals surface area (Å²) in [5.74, 6) is -1.06. The minimum Gasteiger partial charge on any atom is -0.481 e. The number of carbonyl (C=O) groups excluding carboxylic acids is 1. The minimum atomic E-state index is -0.868. The number of para-hydroxylation sites is 1. The molecule has 0 aliphatic heterocycles. The highest BCUT2D eigenvalue weighted by atomic mass is 32.1. The molecule has 0 atom stereocenters. The number of aliphatic carboxylic acids is 1. The van der Waals surface area contributed by atoms with Crippen LogP contribution < -0.4 is 5.32 Å². The lowest BCUT2D eigenvalue weighted by molar-refractivity contribution is -0.137. The fourth-order valence-electron chi connectivity index (χ4n) is 2.75. The first-order chi connectivity index (χ1) is 12.3. The van der Waals surface area contributed by atoms with Gasteiger partial charge in [-0.3, -0.25) is 9.59 Å². The van der Waals surface area contributed by atoms with Gasteiger partial charge in [-0.15, -0.1) is 11.3 Å². The molecule has 7 heteroatoms. The Labute approximate surface area is 155 Å². The van der Waals surface area contributed by atoms with Gasteiger partial charge >= 0.3 is 5.97 Å². The van der Waals surface area contributed by atoms with Gasteiger partial charge in [0.25, 0.3) is 5.91 Å². The Balaban J connectivity index is 1.87. The average molecular weight is 371 g/mol. The normalized spacial score (nSPS) is 11.7. The van der Waals surface area contributed by atoms with Crippen LogP contribution in [-0.2, 0) is 4.79 Å². The number of nitrogens with one attached hydrogen (secondary N) is 1. The molecule has 0 spiro atoms. The van der Waals surface area contributed by atoms with Crippen LogP contribution in [0.5, 0.6) is 0 Å². The summed E-state index contributed by atoms with van der Waals surface area (Å²) in [7, 11) is 0. The average Bonchev–Trinajstić information content (AvgIpc) is 3.15. The van der Waals surface area contributed by atoms with Crippen LogP contribution in [0, 0.1) is 6.92 Å². The van der Waals surface area contributed by atoms with Gasteiger partial charge in [-0.2, -0.15) is 5.10 Å². The third kappa shape index (κ3) is 3.77. The minimum absolute atomic E-state index is 0.0156. The first-order valence-corrected chi connectivity index (χ1v) is 9.17. The molecule has 0 radical (unpaired) electrons. The highest BCUT2D eigenvalue weighted by Crippen LogP contribution is 2.30. The van der Waals surface area contributed by atoms with Crippen LogP contribution in [0.1, 0.15) is 42.1 Å². The topological polar surface area (TPSA) is 84.2 Å². The quantitative estimate of drug-likeness (QED) is 0.691. The molecule has 0 saturated carbocycles. The van der Waals surface area contributed by atoms with Gasteiger partial charge in [0.05, 0.1) is 16.3 Å². The zero-order chi connectivity index (χ0) is 18.9. The van der Waals surface area contributed by atoms with Crippen molar-refractivity contribution in [1.29, 1.82) is 0 Å².